The van der Waals surface area contributed by atoms with E-state index in [0.717, 1.165) is 11.8 Å². The highest BCUT2D eigenvalue weighted by molar-refractivity contribution is 8.14. The number of carbonyl (C=O) groups excluding carboxylic acids is 2. The molecule has 2 amide bonds. The van der Waals surface area contributed by atoms with Gasteiger partial charge in [-0.15, -0.1) is 0 Å². The van der Waals surface area contributed by atoms with Crippen LogP contribution in [0.1, 0.15) is 0 Å². The standard InChI is InChI=1S/C10H14N2O5S/c1-12(7-3-17-2-5(7)9(14)15)8(13)6-4-18-10(16)11-6/h5-7H,2-4H2,1H3,(H,11,16)(H,14,15). The lowest BCUT2D eigenvalue weighted by Gasteiger charge is -2.28. The maximum Gasteiger partial charge on any atom is 0.311 e. The molecule has 2 aliphatic heterocycles. The molecule has 7 nitrogen and oxygen atoms in total. The number of carboxylic acid groups (broad SMARTS) is 1. The number of hydrogen-bond donors (Lipinski definition) is 2. The molecule has 2 saturated heterocycles. The molecule has 3 atom stereocenters. The van der Waals surface area contributed by atoms with E-state index in [1.165, 1.54) is 4.90 Å². The topological polar surface area (TPSA) is 95.9 Å². The van der Waals surface area contributed by atoms with Crippen molar-refractivity contribution in [1.29, 1.82) is 0 Å². The van der Waals surface area contributed by atoms with Gasteiger partial charge in [0.05, 0.1) is 19.3 Å². The van der Waals surface area contributed by atoms with Crippen LogP contribution in [0.25, 0.3) is 0 Å². The van der Waals surface area contributed by atoms with Crippen molar-refractivity contribution >= 4 is 28.9 Å². The van der Waals surface area contributed by atoms with Gasteiger partial charge in [-0.2, -0.15) is 0 Å². The number of thioether (sulfide) groups is 1. The Morgan fingerprint density at radius 1 is 1.50 bits per heavy atom. The van der Waals surface area contributed by atoms with Crippen LogP contribution in [-0.2, 0) is 14.3 Å². The van der Waals surface area contributed by atoms with E-state index in [-0.39, 0.29) is 24.4 Å². The van der Waals surface area contributed by atoms with Gasteiger partial charge in [0.2, 0.25) is 5.91 Å². The summed E-state index contributed by atoms with van der Waals surface area (Å²) in [5.74, 6) is -1.56. The van der Waals surface area contributed by atoms with Gasteiger partial charge in [0.25, 0.3) is 5.24 Å². The summed E-state index contributed by atoms with van der Waals surface area (Å²) in [6, 6.07) is -1.04. The van der Waals surface area contributed by atoms with Crippen LogP contribution in [0.5, 0.6) is 0 Å². The summed E-state index contributed by atoms with van der Waals surface area (Å²) in [5.41, 5.74) is 0. The smallest absolute Gasteiger partial charge is 0.311 e. The zero-order valence-corrected chi connectivity index (χ0v) is 10.6. The molecule has 2 rings (SSSR count). The lowest BCUT2D eigenvalue weighted by molar-refractivity contribution is -0.144. The maximum atomic E-state index is 12.1. The summed E-state index contributed by atoms with van der Waals surface area (Å²) in [6.45, 7) is 0.330. The van der Waals surface area contributed by atoms with Gasteiger partial charge < -0.3 is 20.1 Å². The van der Waals surface area contributed by atoms with Crippen LogP contribution in [0, 0.1) is 5.92 Å². The van der Waals surface area contributed by atoms with Crippen molar-refractivity contribution < 1.29 is 24.2 Å². The number of ether oxygens (including phenoxy) is 1. The van der Waals surface area contributed by atoms with E-state index in [4.69, 9.17) is 9.84 Å². The van der Waals surface area contributed by atoms with E-state index in [0.29, 0.717) is 5.75 Å². The molecule has 18 heavy (non-hydrogen) atoms. The van der Waals surface area contributed by atoms with Crippen LogP contribution < -0.4 is 5.32 Å². The minimum atomic E-state index is -0.970. The fourth-order valence-electron chi connectivity index (χ4n) is 2.09. The van der Waals surface area contributed by atoms with E-state index < -0.39 is 24.0 Å². The van der Waals surface area contributed by atoms with Crippen molar-refractivity contribution in [2.24, 2.45) is 5.92 Å². The molecule has 3 unspecified atom stereocenters. The third kappa shape index (κ3) is 2.44. The number of likely N-dealkylation sites (N-methyl/N-ethyl adjacent to an activating group) is 1. The van der Waals surface area contributed by atoms with Gasteiger partial charge in [0, 0.05) is 12.8 Å². The molecule has 0 aromatic heterocycles. The summed E-state index contributed by atoms with van der Waals surface area (Å²) in [5, 5.41) is 11.4. The number of carbonyl (C=O) groups is 3. The number of aliphatic carboxylic acids is 1. The molecule has 8 heteroatoms. The molecule has 0 radical (unpaired) electrons. The minimum Gasteiger partial charge on any atom is -0.481 e. The first kappa shape index (κ1) is 13.2. The van der Waals surface area contributed by atoms with Crippen molar-refractivity contribution in [3.05, 3.63) is 0 Å². The van der Waals surface area contributed by atoms with Gasteiger partial charge >= 0.3 is 5.97 Å². The Morgan fingerprint density at radius 3 is 2.78 bits per heavy atom. The molecule has 0 bridgehead atoms. The fraction of sp³-hybridized carbons (Fsp3) is 0.700. The Morgan fingerprint density at radius 2 is 2.22 bits per heavy atom. The first-order valence-corrected chi connectivity index (χ1v) is 6.49. The molecule has 0 aromatic rings. The zero-order chi connectivity index (χ0) is 13.3. The highest BCUT2D eigenvalue weighted by atomic mass is 32.2. The predicted octanol–water partition coefficient (Wildman–Crippen LogP) is -0.631. The van der Waals surface area contributed by atoms with Crippen LogP contribution in [0.15, 0.2) is 0 Å². The van der Waals surface area contributed by atoms with Crippen LogP contribution in [0.3, 0.4) is 0 Å². The zero-order valence-electron chi connectivity index (χ0n) is 9.79. The second-order valence-electron chi connectivity index (χ2n) is 4.29. The number of nitrogens with one attached hydrogen (secondary N) is 1. The van der Waals surface area contributed by atoms with Crippen molar-refractivity contribution in [3.8, 4) is 0 Å². The molecule has 0 aromatic carbocycles. The van der Waals surface area contributed by atoms with E-state index in [9.17, 15) is 14.4 Å². The van der Waals surface area contributed by atoms with Gasteiger partial charge in [-0.25, -0.2) is 0 Å². The van der Waals surface area contributed by atoms with Gasteiger partial charge in [-0.05, 0) is 0 Å². The first-order valence-electron chi connectivity index (χ1n) is 5.51. The Bertz CT molecular complexity index is 388. The molecule has 2 aliphatic rings. The lowest BCUT2D eigenvalue weighted by Crippen LogP contribution is -2.51. The first-order chi connectivity index (χ1) is 8.50. The summed E-state index contributed by atoms with van der Waals surface area (Å²) in [7, 11) is 1.55. The molecule has 2 N–H and O–H groups in total. The van der Waals surface area contributed by atoms with Gasteiger partial charge in [-0.3, -0.25) is 14.4 Å². The lowest BCUT2D eigenvalue weighted by atomic mass is 10.0. The Balaban J connectivity index is 2.02. The van der Waals surface area contributed by atoms with Crippen molar-refractivity contribution in [2.45, 2.75) is 12.1 Å². The monoisotopic (exact) mass is 274 g/mol. The molecule has 0 aliphatic carbocycles. The van der Waals surface area contributed by atoms with Crippen molar-refractivity contribution in [3.63, 3.8) is 0 Å². The number of carboxylic acids is 1. The van der Waals surface area contributed by atoms with E-state index in [1.807, 2.05) is 0 Å². The molecular formula is C10H14N2O5S. The summed E-state index contributed by atoms with van der Waals surface area (Å²) < 4.78 is 5.12. The Hall–Kier alpha value is -1.28. The predicted molar refractivity (Wildman–Crippen MR) is 63.3 cm³/mol. The number of amides is 2. The van der Waals surface area contributed by atoms with Gasteiger partial charge in [-0.1, -0.05) is 11.8 Å². The van der Waals surface area contributed by atoms with Gasteiger partial charge in [0.15, 0.2) is 0 Å². The maximum absolute atomic E-state index is 12.1. The molecule has 2 heterocycles. The van der Waals surface area contributed by atoms with E-state index in [1.54, 1.807) is 7.05 Å². The third-order valence-electron chi connectivity index (χ3n) is 3.18. The van der Waals surface area contributed by atoms with Crippen molar-refractivity contribution in [2.75, 3.05) is 26.0 Å². The molecule has 0 spiro atoms. The fourth-order valence-corrected chi connectivity index (χ4v) is 2.86. The normalized spacial score (nSPS) is 31.2. The van der Waals surface area contributed by atoms with Crippen LogP contribution >= 0.6 is 11.8 Å². The average molecular weight is 274 g/mol. The summed E-state index contributed by atoms with van der Waals surface area (Å²) in [6.07, 6.45) is 0. The molecule has 100 valence electrons. The highest BCUT2D eigenvalue weighted by Crippen LogP contribution is 2.21. The highest BCUT2D eigenvalue weighted by Gasteiger charge is 2.41. The Labute approximate surface area is 108 Å². The average Bonchev–Trinajstić information content (AvgIpc) is 2.95. The summed E-state index contributed by atoms with van der Waals surface area (Å²) >= 11 is 1.06. The quantitative estimate of drug-likeness (QED) is 0.711. The van der Waals surface area contributed by atoms with Crippen LogP contribution in [0.4, 0.5) is 4.79 Å². The van der Waals surface area contributed by atoms with Crippen LogP contribution in [0.2, 0.25) is 0 Å². The van der Waals surface area contributed by atoms with E-state index in [2.05, 4.69) is 5.32 Å². The van der Waals surface area contributed by atoms with Crippen molar-refractivity contribution in [1.82, 2.24) is 10.2 Å². The van der Waals surface area contributed by atoms with E-state index >= 15 is 0 Å². The SMILES string of the molecule is CN(C(=O)C1CSC(=O)N1)C1COCC1C(=O)O. The molecular weight excluding hydrogens is 260 g/mol. The Kier molecular flexibility index (Phi) is 3.76. The largest absolute Gasteiger partial charge is 0.481 e. The second kappa shape index (κ2) is 5.15. The number of rotatable bonds is 3. The molecule has 2 fully saturated rings. The number of nitrogens with zero attached hydrogens (tertiary/aromatic N) is 1. The van der Waals surface area contributed by atoms with Gasteiger partial charge in [0.1, 0.15) is 12.0 Å². The summed E-state index contributed by atoms with van der Waals surface area (Å²) in [4.78, 5) is 35.5. The van der Waals surface area contributed by atoms with Crippen LogP contribution in [-0.4, -0.2) is 65.2 Å². The minimum absolute atomic E-state index is 0.114. The third-order valence-corrected chi connectivity index (χ3v) is 4.06. The second-order valence-corrected chi connectivity index (χ2v) is 5.29. The number of hydrogen-bond acceptors (Lipinski definition) is 5. The molecule has 0 saturated carbocycles.